The van der Waals surface area contributed by atoms with Crippen molar-refractivity contribution >= 4 is 17.5 Å². The van der Waals surface area contributed by atoms with E-state index >= 15 is 0 Å². The summed E-state index contributed by atoms with van der Waals surface area (Å²) in [6.45, 7) is 3.30. The number of carbonyl (C=O) groups excluding carboxylic acids is 1. The van der Waals surface area contributed by atoms with Gasteiger partial charge in [0.2, 0.25) is 0 Å². The van der Waals surface area contributed by atoms with Gasteiger partial charge >= 0.3 is 0 Å². The summed E-state index contributed by atoms with van der Waals surface area (Å²) >= 11 is 5.88. The van der Waals surface area contributed by atoms with Crippen molar-refractivity contribution in [3.63, 3.8) is 0 Å². The van der Waals surface area contributed by atoms with E-state index in [1.807, 2.05) is 11.8 Å². The van der Waals surface area contributed by atoms with Crippen LogP contribution in [-0.2, 0) is 9.53 Å². The third-order valence-corrected chi connectivity index (χ3v) is 4.44. The molecule has 4 heteroatoms. The fourth-order valence-electron chi connectivity index (χ4n) is 3.19. The fraction of sp³-hybridized carbons (Fsp3) is 0.929. The standard InChI is InChI=1S/C14H24ClNO2/c1-14(8-5-11-18-14)13(17)16(10-9-15)12-6-3-2-4-7-12/h12H,2-11H2,1H3. The zero-order chi connectivity index (χ0) is 13.0. The Morgan fingerprint density at radius 2 is 2.06 bits per heavy atom. The Hall–Kier alpha value is -0.280. The molecule has 104 valence electrons. The van der Waals surface area contributed by atoms with Gasteiger partial charge in [0.1, 0.15) is 5.60 Å². The van der Waals surface area contributed by atoms with Gasteiger partial charge in [-0.2, -0.15) is 0 Å². The molecule has 1 amide bonds. The van der Waals surface area contributed by atoms with Gasteiger partial charge in [0, 0.05) is 25.1 Å². The average molecular weight is 274 g/mol. The molecule has 0 aromatic rings. The van der Waals surface area contributed by atoms with Gasteiger partial charge in [0.15, 0.2) is 0 Å². The van der Waals surface area contributed by atoms with Gasteiger partial charge in [0.05, 0.1) is 0 Å². The van der Waals surface area contributed by atoms with Crippen molar-refractivity contribution in [3.05, 3.63) is 0 Å². The number of nitrogens with zero attached hydrogens (tertiary/aromatic N) is 1. The summed E-state index contributed by atoms with van der Waals surface area (Å²) in [5, 5.41) is 0. The summed E-state index contributed by atoms with van der Waals surface area (Å²) < 4.78 is 5.69. The highest BCUT2D eigenvalue weighted by Gasteiger charge is 2.42. The van der Waals surface area contributed by atoms with Crippen LogP contribution < -0.4 is 0 Å². The zero-order valence-electron chi connectivity index (χ0n) is 11.3. The summed E-state index contributed by atoms with van der Waals surface area (Å²) in [7, 11) is 0. The van der Waals surface area contributed by atoms with Crippen molar-refractivity contribution in [3.8, 4) is 0 Å². The second-order valence-corrected chi connectivity index (χ2v) is 6.04. The monoisotopic (exact) mass is 273 g/mol. The highest BCUT2D eigenvalue weighted by molar-refractivity contribution is 6.18. The van der Waals surface area contributed by atoms with Gasteiger partial charge in [-0.05, 0) is 32.6 Å². The van der Waals surface area contributed by atoms with Crippen molar-refractivity contribution in [2.24, 2.45) is 0 Å². The lowest BCUT2D eigenvalue weighted by atomic mass is 9.92. The highest BCUT2D eigenvalue weighted by Crippen LogP contribution is 2.31. The van der Waals surface area contributed by atoms with Gasteiger partial charge in [-0.1, -0.05) is 19.3 Å². The molecule has 3 nitrogen and oxygen atoms in total. The largest absolute Gasteiger partial charge is 0.365 e. The van der Waals surface area contributed by atoms with Crippen molar-refractivity contribution in [2.45, 2.75) is 63.5 Å². The van der Waals surface area contributed by atoms with Crippen LogP contribution in [0.2, 0.25) is 0 Å². The molecule has 1 aliphatic carbocycles. The molecule has 0 bridgehead atoms. The van der Waals surface area contributed by atoms with Crippen LogP contribution >= 0.6 is 11.6 Å². The molecule has 1 atom stereocenters. The number of halogens is 1. The molecule has 2 rings (SSSR count). The van der Waals surface area contributed by atoms with E-state index in [0.29, 0.717) is 25.1 Å². The fourth-order valence-corrected chi connectivity index (χ4v) is 3.37. The molecule has 18 heavy (non-hydrogen) atoms. The van der Waals surface area contributed by atoms with Crippen LogP contribution in [0.15, 0.2) is 0 Å². The summed E-state index contributed by atoms with van der Waals surface area (Å²) in [5.74, 6) is 0.672. The third-order valence-electron chi connectivity index (χ3n) is 4.27. The summed E-state index contributed by atoms with van der Waals surface area (Å²) in [6.07, 6.45) is 7.84. The predicted octanol–water partition coefficient (Wildman–Crippen LogP) is 2.96. The van der Waals surface area contributed by atoms with E-state index in [9.17, 15) is 4.79 Å². The second kappa shape index (κ2) is 6.25. The zero-order valence-corrected chi connectivity index (χ0v) is 12.0. The highest BCUT2D eigenvalue weighted by atomic mass is 35.5. The Balaban J connectivity index is 2.05. The van der Waals surface area contributed by atoms with Gasteiger partial charge < -0.3 is 9.64 Å². The molecule has 0 spiro atoms. The Kier molecular flexibility index (Phi) is 4.91. The minimum atomic E-state index is -0.594. The maximum absolute atomic E-state index is 12.7. The van der Waals surface area contributed by atoms with Gasteiger partial charge in [-0.3, -0.25) is 4.79 Å². The second-order valence-electron chi connectivity index (χ2n) is 5.66. The van der Waals surface area contributed by atoms with Crippen LogP contribution in [0.4, 0.5) is 0 Å². The normalized spacial score (nSPS) is 29.4. The molecule has 2 aliphatic rings. The molecular formula is C14H24ClNO2. The maximum Gasteiger partial charge on any atom is 0.254 e. The van der Waals surface area contributed by atoms with Crippen molar-refractivity contribution < 1.29 is 9.53 Å². The Labute approximate surface area is 115 Å². The molecule has 1 saturated carbocycles. The van der Waals surface area contributed by atoms with E-state index in [2.05, 4.69) is 0 Å². The van der Waals surface area contributed by atoms with Gasteiger partial charge in [-0.15, -0.1) is 11.6 Å². The number of rotatable bonds is 4. The average Bonchev–Trinajstić information content (AvgIpc) is 2.84. The third kappa shape index (κ3) is 3.00. The minimum absolute atomic E-state index is 0.160. The molecule has 0 aromatic carbocycles. The number of hydrogen-bond donors (Lipinski definition) is 0. The molecule has 2 fully saturated rings. The molecule has 0 N–H and O–H groups in total. The number of hydrogen-bond acceptors (Lipinski definition) is 2. The van der Waals surface area contributed by atoms with E-state index in [1.165, 1.54) is 19.3 Å². The summed E-state index contributed by atoms with van der Waals surface area (Å²) in [4.78, 5) is 14.7. The van der Waals surface area contributed by atoms with E-state index in [1.54, 1.807) is 0 Å². The number of ether oxygens (including phenoxy) is 1. The molecular weight excluding hydrogens is 250 g/mol. The van der Waals surface area contributed by atoms with Crippen LogP contribution in [0, 0.1) is 0 Å². The Bertz CT molecular complexity index is 284. The lowest BCUT2D eigenvalue weighted by molar-refractivity contribution is -0.153. The van der Waals surface area contributed by atoms with Crippen molar-refractivity contribution in [1.29, 1.82) is 0 Å². The Morgan fingerprint density at radius 3 is 2.61 bits per heavy atom. The molecule has 1 aliphatic heterocycles. The minimum Gasteiger partial charge on any atom is -0.365 e. The molecule has 0 radical (unpaired) electrons. The van der Waals surface area contributed by atoms with Gasteiger partial charge in [0.25, 0.3) is 5.91 Å². The van der Waals surface area contributed by atoms with Crippen LogP contribution in [0.25, 0.3) is 0 Å². The van der Waals surface area contributed by atoms with Crippen LogP contribution in [0.1, 0.15) is 51.9 Å². The van der Waals surface area contributed by atoms with E-state index in [-0.39, 0.29) is 5.91 Å². The van der Waals surface area contributed by atoms with E-state index < -0.39 is 5.60 Å². The quantitative estimate of drug-likeness (QED) is 0.737. The molecule has 1 saturated heterocycles. The molecule has 1 unspecified atom stereocenters. The van der Waals surface area contributed by atoms with Crippen LogP contribution in [0.3, 0.4) is 0 Å². The van der Waals surface area contributed by atoms with Gasteiger partial charge in [-0.25, -0.2) is 0 Å². The summed E-state index contributed by atoms with van der Waals surface area (Å²) in [5.41, 5.74) is -0.594. The van der Waals surface area contributed by atoms with Crippen LogP contribution in [-0.4, -0.2) is 41.5 Å². The molecule has 1 heterocycles. The lowest BCUT2D eigenvalue weighted by Gasteiger charge is -2.38. The van der Waals surface area contributed by atoms with E-state index in [4.69, 9.17) is 16.3 Å². The first kappa shape index (κ1) is 14.1. The summed E-state index contributed by atoms with van der Waals surface area (Å²) in [6, 6.07) is 0.381. The van der Waals surface area contributed by atoms with Crippen molar-refractivity contribution in [1.82, 2.24) is 4.90 Å². The number of amides is 1. The van der Waals surface area contributed by atoms with Crippen LogP contribution in [0.5, 0.6) is 0 Å². The first-order chi connectivity index (χ1) is 8.67. The SMILES string of the molecule is CC1(C(=O)N(CCCl)C2CCCCC2)CCCO1. The Morgan fingerprint density at radius 1 is 1.33 bits per heavy atom. The molecule has 0 aromatic heterocycles. The first-order valence-corrected chi connectivity index (χ1v) is 7.72. The lowest BCUT2D eigenvalue weighted by Crippen LogP contribution is -2.52. The first-order valence-electron chi connectivity index (χ1n) is 7.18. The maximum atomic E-state index is 12.7. The number of carbonyl (C=O) groups is 1. The van der Waals surface area contributed by atoms with Crippen molar-refractivity contribution in [2.75, 3.05) is 19.0 Å². The topological polar surface area (TPSA) is 29.5 Å². The number of alkyl halides is 1. The predicted molar refractivity (Wildman–Crippen MR) is 72.9 cm³/mol. The van der Waals surface area contributed by atoms with E-state index in [0.717, 1.165) is 25.7 Å². The smallest absolute Gasteiger partial charge is 0.254 e.